The summed E-state index contributed by atoms with van der Waals surface area (Å²) < 4.78 is 2.89. The molecule has 0 radical (unpaired) electrons. The molecule has 3 heterocycles. The largest absolute Gasteiger partial charge is 0.353 e. The van der Waals surface area contributed by atoms with Gasteiger partial charge in [0.1, 0.15) is 6.04 Å². The molecule has 0 saturated carbocycles. The van der Waals surface area contributed by atoms with Crippen LogP contribution in [0.15, 0.2) is 42.7 Å². The van der Waals surface area contributed by atoms with Gasteiger partial charge in [-0.15, -0.1) is 0 Å². The monoisotopic (exact) mass is 453 g/mol. The van der Waals surface area contributed by atoms with E-state index in [1.165, 1.54) is 17.8 Å². The van der Waals surface area contributed by atoms with Gasteiger partial charge in [0, 0.05) is 30.5 Å². The van der Waals surface area contributed by atoms with Gasteiger partial charge in [-0.3, -0.25) is 14.5 Å². The van der Waals surface area contributed by atoms with Gasteiger partial charge in [-0.2, -0.15) is 0 Å². The summed E-state index contributed by atoms with van der Waals surface area (Å²) in [6.45, 7) is 8.77. The van der Waals surface area contributed by atoms with E-state index in [2.05, 4.69) is 27.4 Å². The van der Waals surface area contributed by atoms with Crippen molar-refractivity contribution in [2.45, 2.75) is 45.7 Å². The lowest BCUT2D eigenvalue weighted by atomic mass is 10.0. The van der Waals surface area contributed by atoms with Crippen LogP contribution in [0, 0.1) is 5.92 Å². The van der Waals surface area contributed by atoms with Gasteiger partial charge in [0.15, 0.2) is 5.13 Å². The van der Waals surface area contributed by atoms with Gasteiger partial charge in [-0.05, 0) is 62.2 Å². The van der Waals surface area contributed by atoms with Crippen molar-refractivity contribution in [2.24, 2.45) is 5.92 Å². The molecule has 4 rings (SSSR count). The molecule has 2 aromatic heterocycles. The molecule has 0 aliphatic carbocycles. The molecule has 170 valence electrons. The average molecular weight is 454 g/mol. The molecule has 8 heteroatoms. The second kappa shape index (κ2) is 9.83. The van der Waals surface area contributed by atoms with Crippen LogP contribution in [0.25, 0.3) is 15.3 Å². The lowest BCUT2D eigenvalue weighted by molar-refractivity contribution is -0.124. The number of nitrogens with zero attached hydrogens (tertiary/aromatic N) is 3. The Hall–Kier alpha value is -2.71. The highest BCUT2D eigenvalue weighted by Gasteiger charge is 2.28. The number of fused-ring (bicyclic) bond motifs is 1. The van der Waals surface area contributed by atoms with Crippen LogP contribution in [0.5, 0.6) is 0 Å². The maximum absolute atomic E-state index is 13.0. The minimum atomic E-state index is -0.577. The number of carbonyl (C=O) groups excluding carboxylic acids is 2. The zero-order valence-corrected chi connectivity index (χ0v) is 19.7. The van der Waals surface area contributed by atoms with E-state index in [0.29, 0.717) is 18.2 Å². The third-order valence-electron chi connectivity index (χ3n) is 6.12. The van der Waals surface area contributed by atoms with Crippen LogP contribution in [0.3, 0.4) is 0 Å². The van der Waals surface area contributed by atoms with Crippen LogP contribution < -0.4 is 10.6 Å². The van der Waals surface area contributed by atoms with Crippen LogP contribution >= 0.6 is 11.3 Å². The Kier molecular flexibility index (Phi) is 6.91. The molecule has 32 heavy (non-hydrogen) atoms. The highest BCUT2D eigenvalue weighted by molar-refractivity contribution is 7.20. The smallest absolute Gasteiger partial charge is 0.251 e. The summed E-state index contributed by atoms with van der Waals surface area (Å²) in [4.78, 5) is 32.9. The summed E-state index contributed by atoms with van der Waals surface area (Å²) in [5.41, 5.74) is 1.39. The zero-order valence-electron chi connectivity index (χ0n) is 18.9. The molecule has 2 N–H and O–H groups in total. The minimum absolute atomic E-state index is 0.0164. The van der Waals surface area contributed by atoms with Gasteiger partial charge in [-0.25, -0.2) is 4.98 Å². The van der Waals surface area contributed by atoms with Crippen molar-refractivity contribution in [1.82, 2.24) is 25.1 Å². The molecule has 1 aromatic carbocycles. The molecule has 2 amide bonds. The van der Waals surface area contributed by atoms with E-state index in [4.69, 9.17) is 0 Å². The molecular weight excluding hydrogens is 422 g/mol. The van der Waals surface area contributed by atoms with Crippen LogP contribution in [-0.4, -0.2) is 58.0 Å². The number of likely N-dealkylation sites (N-methyl/N-ethyl adjacent to an activating group) is 1. The molecule has 2 atom stereocenters. The Morgan fingerprint density at radius 2 is 2.03 bits per heavy atom. The summed E-state index contributed by atoms with van der Waals surface area (Å²) in [5, 5.41) is 6.87. The average Bonchev–Trinajstić information content (AvgIpc) is 3.54. The van der Waals surface area contributed by atoms with Gasteiger partial charge in [-0.1, -0.05) is 32.1 Å². The Morgan fingerprint density at radius 1 is 1.25 bits per heavy atom. The van der Waals surface area contributed by atoms with Crippen molar-refractivity contribution < 1.29 is 9.59 Å². The molecule has 1 fully saturated rings. The minimum Gasteiger partial charge on any atom is -0.353 e. The summed E-state index contributed by atoms with van der Waals surface area (Å²) in [5.74, 6) is -0.380. The highest BCUT2D eigenvalue weighted by atomic mass is 32.1. The van der Waals surface area contributed by atoms with E-state index in [-0.39, 0.29) is 17.7 Å². The first kappa shape index (κ1) is 22.5. The Labute approximate surface area is 192 Å². The molecule has 7 nitrogen and oxygen atoms in total. The van der Waals surface area contributed by atoms with Crippen LogP contribution in [0.1, 0.15) is 44.0 Å². The number of carbonyl (C=O) groups is 2. The topological polar surface area (TPSA) is 79.3 Å². The number of hydrogen-bond acceptors (Lipinski definition) is 5. The van der Waals surface area contributed by atoms with Crippen molar-refractivity contribution in [3.63, 3.8) is 0 Å². The fourth-order valence-electron chi connectivity index (χ4n) is 4.26. The molecule has 1 saturated heterocycles. The first-order valence-corrected chi connectivity index (χ1v) is 12.1. The second-order valence-electron chi connectivity index (χ2n) is 8.63. The first-order chi connectivity index (χ1) is 15.5. The van der Waals surface area contributed by atoms with E-state index < -0.39 is 6.04 Å². The number of thiazole rings is 1. The number of likely N-dealkylation sites (tertiary alicyclic amines) is 1. The Bertz CT molecular complexity index is 1080. The highest BCUT2D eigenvalue weighted by Crippen LogP contribution is 2.26. The lowest BCUT2D eigenvalue weighted by Gasteiger charge is -2.26. The van der Waals surface area contributed by atoms with Gasteiger partial charge in [0.2, 0.25) is 5.91 Å². The lowest BCUT2D eigenvalue weighted by Crippen LogP contribution is -2.52. The van der Waals surface area contributed by atoms with Crippen LogP contribution in [0.4, 0.5) is 0 Å². The van der Waals surface area contributed by atoms with E-state index >= 15 is 0 Å². The molecule has 1 aliphatic rings. The Balaban J connectivity index is 1.43. The molecular formula is C24H31N5O2S. The quantitative estimate of drug-likeness (QED) is 0.548. The predicted octanol–water partition coefficient (Wildman–Crippen LogP) is 3.44. The number of amides is 2. The van der Waals surface area contributed by atoms with Gasteiger partial charge in [0.05, 0.1) is 10.2 Å². The normalized spacial score (nSPS) is 17.7. The van der Waals surface area contributed by atoms with Crippen molar-refractivity contribution in [1.29, 1.82) is 0 Å². The standard InChI is InChI=1S/C24H31N5O2S/c1-4-28-13-7-8-18(28)15-25-23(31)21(16(2)3)27-22(30)17-9-10-19-20(14-17)32-24(26-19)29-11-5-6-12-29/h5-6,9-12,14,16,18,21H,4,7-8,13,15H2,1-3H3,(H,25,31)(H,27,30)/t18-,21-/m0/s1. The van der Waals surface area contributed by atoms with Crippen LogP contribution in [0.2, 0.25) is 0 Å². The van der Waals surface area contributed by atoms with E-state index in [1.54, 1.807) is 6.07 Å². The first-order valence-electron chi connectivity index (χ1n) is 11.3. The molecule has 0 spiro atoms. The molecule has 1 aliphatic heterocycles. The fraction of sp³-hybridized carbons (Fsp3) is 0.458. The third-order valence-corrected chi connectivity index (χ3v) is 7.15. The number of rotatable bonds is 8. The number of hydrogen-bond donors (Lipinski definition) is 2. The third kappa shape index (κ3) is 4.86. The maximum atomic E-state index is 13.0. The molecule has 3 aromatic rings. The summed E-state index contributed by atoms with van der Waals surface area (Å²) in [6, 6.07) is 9.19. The number of nitrogens with one attached hydrogen (secondary N) is 2. The second-order valence-corrected chi connectivity index (χ2v) is 9.64. The van der Waals surface area contributed by atoms with Gasteiger partial charge >= 0.3 is 0 Å². The summed E-state index contributed by atoms with van der Waals surface area (Å²) in [7, 11) is 0. The van der Waals surface area contributed by atoms with Gasteiger partial charge < -0.3 is 15.2 Å². The van der Waals surface area contributed by atoms with Crippen molar-refractivity contribution in [2.75, 3.05) is 19.6 Å². The zero-order chi connectivity index (χ0) is 22.7. The van der Waals surface area contributed by atoms with E-state index in [1.807, 2.05) is 55.1 Å². The Morgan fingerprint density at radius 3 is 2.75 bits per heavy atom. The predicted molar refractivity (Wildman–Crippen MR) is 128 cm³/mol. The van der Waals surface area contributed by atoms with Gasteiger partial charge in [0.25, 0.3) is 5.91 Å². The molecule has 0 bridgehead atoms. The maximum Gasteiger partial charge on any atom is 0.251 e. The van der Waals surface area contributed by atoms with Crippen molar-refractivity contribution in [3.05, 3.63) is 48.3 Å². The number of aromatic nitrogens is 2. The van der Waals surface area contributed by atoms with Crippen molar-refractivity contribution >= 4 is 33.4 Å². The fourth-order valence-corrected chi connectivity index (χ4v) is 5.23. The SMILES string of the molecule is CCN1CCC[C@H]1CNC(=O)[C@@H](NC(=O)c1ccc2nc(-n3cccc3)sc2c1)C(C)C. The van der Waals surface area contributed by atoms with E-state index in [9.17, 15) is 9.59 Å². The number of benzene rings is 1. The summed E-state index contributed by atoms with van der Waals surface area (Å²) in [6.07, 6.45) is 6.17. The summed E-state index contributed by atoms with van der Waals surface area (Å²) >= 11 is 1.53. The van der Waals surface area contributed by atoms with Crippen molar-refractivity contribution in [3.8, 4) is 5.13 Å². The van der Waals surface area contributed by atoms with E-state index in [0.717, 1.165) is 34.9 Å². The van der Waals surface area contributed by atoms with Crippen LogP contribution in [-0.2, 0) is 4.79 Å². The molecule has 0 unspecified atom stereocenters.